The number of rotatable bonds is 5. The van der Waals surface area contributed by atoms with E-state index in [1.165, 1.54) is 12.1 Å². The molecule has 35 heavy (non-hydrogen) atoms. The lowest BCUT2D eigenvalue weighted by atomic mass is 10.1. The quantitative estimate of drug-likeness (QED) is 0.392. The van der Waals surface area contributed by atoms with Crippen molar-refractivity contribution >= 4 is 29.1 Å². The molecule has 4 rings (SSSR count). The van der Waals surface area contributed by atoms with Crippen molar-refractivity contribution in [2.45, 2.75) is 20.4 Å². The number of nitro groups is 1. The molecule has 0 radical (unpaired) electrons. The maximum Gasteiger partial charge on any atom is 0.312 e. The molecule has 2 heterocycles. The molecule has 1 aliphatic heterocycles. The molecule has 0 spiro atoms. The van der Waals surface area contributed by atoms with E-state index in [1.807, 2.05) is 0 Å². The minimum absolute atomic E-state index is 0.0103. The van der Waals surface area contributed by atoms with E-state index in [2.05, 4.69) is 5.10 Å². The highest BCUT2D eigenvalue weighted by molar-refractivity contribution is 6.33. The Morgan fingerprint density at radius 3 is 2.17 bits per heavy atom. The fourth-order valence-electron chi connectivity index (χ4n) is 4.16. The Morgan fingerprint density at radius 2 is 1.63 bits per heavy atom. The van der Waals surface area contributed by atoms with Gasteiger partial charge in [0.25, 0.3) is 11.8 Å². The Balaban J connectivity index is 1.37. The van der Waals surface area contributed by atoms with Crippen molar-refractivity contribution in [3.05, 3.63) is 91.5 Å². The van der Waals surface area contributed by atoms with Gasteiger partial charge in [-0.1, -0.05) is 23.7 Å². The largest absolute Gasteiger partial charge is 0.335 e. The van der Waals surface area contributed by atoms with E-state index in [-0.39, 0.29) is 28.1 Å². The van der Waals surface area contributed by atoms with Gasteiger partial charge >= 0.3 is 5.69 Å². The molecular weight excluding hydrogens is 477 g/mol. The van der Waals surface area contributed by atoms with Gasteiger partial charge in [0.05, 0.1) is 22.1 Å². The number of benzene rings is 2. The highest BCUT2D eigenvalue weighted by Crippen LogP contribution is 2.23. The van der Waals surface area contributed by atoms with Gasteiger partial charge in [-0.3, -0.25) is 24.4 Å². The summed E-state index contributed by atoms with van der Waals surface area (Å²) in [6, 6.07) is 10.7. The van der Waals surface area contributed by atoms with Gasteiger partial charge in [-0.15, -0.1) is 0 Å². The van der Waals surface area contributed by atoms with Crippen LogP contribution in [0.25, 0.3) is 0 Å². The molecule has 0 atom stereocenters. The first-order valence-corrected chi connectivity index (χ1v) is 11.3. The number of carbonyl (C=O) groups excluding carboxylic acids is 2. The third kappa shape index (κ3) is 5.02. The van der Waals surface area contributed by atoms with E-state index in [9.17, 15) is 24.1 Å². The first-order valence-electron chi connectivity index (χ1n) is 11.0. The number of hydrogen-bond donors (Lipinski definition) is 0. The lowest BCUT2D eigenvalue weighted by Gasteiger charge is -2.35. The first-order chi connectivity index (χ1) is 16.7. The third-order valence-electron chi connectivity index (χ3n) is 6.07. The van der Waals surface area contributed by atoms with Crippen LogP contribution in [0, 0.1) is 29.8 Å². The maximum absolute atomic E-state index is 13.3. The van der Waals surface area contributed by atoms with Crippen molar-refractivity contribution in [3.8, 4) is 0 Å². The Bertz CT molecular complexity index is 1300. The molecule has 182 valence electrons. The van der Waals surface area contributed by atoms with Crippen molar-refractivity contribution in [3.63, 3.8) is 0 Å². The summed E-state index contributed by atoms with van der Waals surface area (Å²) < 4.78 is 14.8. The van der Waals surface area contributed by atoms with Gasteiger partial charge in [0.2, 0.25) is 0 Å². The normalized spacial score (nSPS) is 13.7. The van der Waals surface area contributed by atoms with E-state index in [0.717, 1.165) is 11.6 Å². The van der Waals surface area contributed by atoms with Gasteiger partial charge in [0, 0.05) is 31.7 Å². The average molecular weight is 500 g/mol. The lowest BCUT2D eigenvalue weighted by Crippen LogP contribution is -2.50. The summed E-state index contributed by atoms with van der Waals surface area (Å²) in [6.45, 7) is 5.01. The van der Waals surface area contributed by atoms with Crippen molar-refractivity contribution in [1.82, 2.24) is 19.6 Å². The van der Waals surface area contributed by atoms with E-state index >= 15 is 0 Å². The number of hydrogen-bond acceptors (Lipinski definition) is 5. The highest BCUT2D eigenvalue weighted by atomic mass is 35.5. The van der Waals surface area contributed by atoms with Gasteiger partial charge in [0.1, 0.15) is 17.2 Å². The molecule has 2 amide bonds. The minimum atomic E-state index is -0.510. The van der Waals surface area contributed by atoms with Crippen molar-refractivity contribution < 1.29 is 18.9 Å². The van der Waals surface area contributed by atoms with Gasteiger partial charge < -0.3 is 9.80 Å². The van der Waals surface area contributed by atoms with Gasteiger partial charge in [0.15, 0.2) is 0 Å². The zero-order valence-electron chi connectivity index (χ0n) is 19.2. The summed E-state index contributed by atoms with van der Waals surface area (Å²) in [5.41, 5.74) is 2.44. The summed E-state index contributed by atoms with van der Waals surface area (Å²) in [7, 11) is 0. The van der Waals surface area contributed by atoms with Crippen LogP contribution >= 0.6 is 11.6 Å². The van der Waals surface area contributed by atoms with Crippen molar-refractivity contribution in [1.29, 1.82) is 0 Å². The second kappa shape index (κ2) is 9.83. The molecular formula is C24H23ClFN5O4. The van der Waals surface area contributed by atoms with Crippen LogP contribution in [0.1, 0.15) is 37.7 Å². The molecule has 11 heteroatoms. The number of aryl methyl sites for hydroxylation is 1. The SMILES string of the molecule is Cc1nn(Cc2ccc(C(=O)N3CCN(C(=O)c4ccc(F)cc4Cl)CC3)cc2)c(C)c1[N+](=O)[O-]. The van der Waals surface area contributed by atoms with Crippen LogP contribution in [0.15, 0.2) is 42.5 Å². The van der Waals surface area contributed by atoms with Gasteiger partial charge in [-0.05, 0) is 49.7 Å². The number of amides is 2. The van der Waals surface area contributed by atoms with Gasteiger partial charge in [-0.25, -0.2) is 4.39 Å². The molecule has 1 saturated heterocycles. The summed E-state index contributed by atoms with van der Waals surface area (Å²) >= 11 is 6.01. The molecule has 0 bridgehead atoms. The zero-order chi connectivity index (χ0) is 25.3. The van der Waals surface area contributed by atoms with Crippen LogP contribution in [-0.4, -0.2) is 62.5 Å². The smallest absolute Gasteiger partial charge is 0.312 e. The molecule has 0 aliphatic carbocycles. The number of piperazine rings is 1. The van der Waals surface area contributed by atoms with E-state index in [0.29, 0.717) is 49.7 Å². The van der Waals surface area contributed by atoms with Crippen LogP contribution < -0.4 is 0 Å². The molecule has 0 N–H and O–H groups in total. The molecule has 2 aromatic carbocycles. The summed E-state index contributed by atoms with van der Waals surface area (Å²) in [5, 5.41) is 15.5. The van der Waals surface area contributed by atoms with Crippen LogP contribution in [-0.2, 0) is 6.54 Å². The first kappa shape index (κ1) is 24.3. The Labute approximate surface area is 205 Å². The summed E-state index contributed by atoms with van der Waals surface area (Å²) in [4.78, 5) is 39.7. The van der Waals surface area contributed by atoms with E-state index in [4.69, 9.17) is 11.6 Å². The van der Waals surface area contributed by atoms with Crippen LogP contribution in [0.3, 0.4) is 0 Å². The van der Waals surface area contributed by atoms with Crippen molar-refractivity contribution in [2.75, 3.05) is 26.2 Å². The molecule has 1 fully saturated rings. The molecule has 9 nitrogen and oxygen atoms in total. The monoisotopic (exact) mass is 499 g/mol. The topological polar surface area (TPSA) is 102 Å². The standard InChI is InChI=1S/C24H23ClFN5O4/c1-15-22(31(34)35)16(2)30(27-15)14-17-3-5-18(6-4-17)23(32)28-9-11-29(12-10-28)24(33)20-8-7-19(26)13-21(20)25/h3-8,13H,9-12,14H2,1-2H3. The molecule has 1 aliphatic rings. The number of nitrogens with zero attached hydrogens (tertiary/aromatic N) is 5. The third-order valence-corrected chi connectivity index (χ3v) is 6.39. The lowest BCUT2D eigenvalue weighted by molar-refractivity contribution is -0.386. The molecule has 0 saturated carbocycles. The molecule has 0 unspecified atom stereocenters. The zero-order valence-corrected chi connectivity index (χ0v) is 20.0. The van der Waals surface area contributed by atoms with Gasteiger partial charge in [-0.2, -0.15) is 5.10 Å². The fraction of sp³-hybridized carbons (Fsp3) is 0.292. The molecule has 3 aromatic rings. The van der Waals surface area contributed by atoms with E-state index < -0.39 is 10.7 Å². The summed E-state index contributed by atoms with van der Waals surface area (Å²) in [5.74, 6) is -0.953. The van der Waals surface area contributed by atoms with E-state index in [1.54, 1.807) is 52.6 Å². The Hall–Kier alpha value is -3.79. The fourth-order valence-corrected chi connectivity index (χ4v) is 4.41. The van der Waals surface area contributed by atoms with Crippen molar-refractivity contribution in [2.24, 2.45) is 0 Å². The Morgan fingerprint density at radius 1 is 1.03 bits per heavy atom. The summed E-state index contributed by atoms with van der Waals surface area (Å²) in [6.07, 6.45) is 0. The predicted octanol–water partition coefficient (Wildman–Crippen LogP) is 3.85. The average Bonchev–Trinajstić information content (AvgIpc) is 3.11. The Kier molecular flexibility index (Phi) is 6.83. The van der Waals surface area contributed by atoms with Crippen LogP contribution in [0.2, 0.25) is 5.02 Å². The maximum atomic E-state index is 13.3. The number of carbonyl (C=O) groups is 2. The highest BCUT2D eigenvalue weighted by Gasteiger charge is 2.27. The number of aromatic nitrogens is 2. The predicted molar refractivity (Wildman–Crippen MR) is 127 cm³/mol. The molecule has 1 aromatic heterocycles. The van der Waals surface area contributed by atoms with Crippen LogP contribution in [0.5, 0.6) is 0 Å². The van der Waals surface area contributed by atoms with Crippen LogP contribution in [0.4, 0.5) is 10.1 Å². The second-order valence-electron chi connectivity index (χ2n) is 8.34. The number of halogens is 2. The second-order valence-corrected chi connectivity index (χ2v) is 8.75. The minimum Gasteiger partial charge on any atom is -0.335 e.